The largest absolute Gasteiger partial charge is 0.416 e. The third-order valence-electron chi connectivity index (χ3n) is 5.92. The highest BCUT2D eigenvalue weighted by Crippen LogP contribution is 2.36. The van der Waals surface area contributed by atoms with Crippen LogP contribution in [0.25, 0.3) is 28.3 Å². The molecule has 0 saturated heterocycles. The molecule has 36 heavy (non-hydrogen) atoms. The number of anilines is 1. The lowest BCUT2D eigenvalue weighted by atomic mass is 10.0. The molecule has 0 aliphatic carbocycles. The van der Waals surface area contributed by atoms with E-state index in [2.05, 4.69) is 15.3 Å². The van der Waals surface area contributed by atoms with E-state index >= 15 is 0 Å². The fourth-order valence-corrected chi connectivity index (χ4v) is 4.08. The van der Waals surface area contributed by atoms with Gasteiger partial charge in [-0.1, -0.05) is 48.5 Å². The van der Waals surface area contributed by atoms with Crippen LogP contribution in [0.1, 0.15) is 29.7 Å². The Balaban J connectivity index is 1.64. The molecule has 9 heteroatoms. The summed E-state index contributed by atoms with van der Waals surface area (Å²) in [6.07, 6.45) is -1.03. The number of rotatable bonds is 6. The average molecular weight is 489 g/mol. The zero-order valence-corrected chi connectivity index (χ0v) is 19.4. The summed E-state index contributed by atoms with van der Waals surface area (Å²) in [6.45, 7) is 2.30. The van der Waals surface area contributed by atoms with Crippen molar-refractivity contribution in [2.45, 2.75) is 25.7 Å². The number of benzene rings is 2. The van der Waals surface area contributed by atoms with Crippen LogP contribution in [0.4, 0.5) is 19.1 Å². The van der Waals surface area contributed by atoms with Crippen molar-refractivity contribution in [1.29, 1.82) is 0 Å². The first-order valence-electron chi connectivity index (χ1n) is 11.4. The number of halogens is 3. The number of pyridine rings is 1. The number of aromatic nitrogens is 4. The molecule has 3 aromatic heterocycles. The molecule has 0 radical (unpaired) electrons. The lowest BCUT2D eigenvalue weighted by Gasteiger charge is -2.15. The number of alkyl halides is 3. The van der Waals surface area contributed by atoms with E-state index in [0.717, 1.165) is 23.3 Å². The fraction of sp³-hybridized carbons (Fsp3) is 0.148. The first kappa shape index (κ1) is 23.5. The topological polar surface area (TPSA) is 81.1 Å². The van der Waals surface area contributed by atoms with Gasteiger partial charge in [0.2, 0.25) is 5.95 Å². The van der Waals surface area contributed by atoms with Gasteiger partial charge >= 0.3 is 6.18 Å². The highest BCUT2D eigenvalue weighted by atomic mass is 19.4. The molecule has 0 fully saturated rings. The highest BCUT2D eigenvalue weighted by Gasteiger charge is 2.31. The van der Waals surface area contributed by atoms with Gasteiger partial charge in [-0.2, -0.15) is 13.2 Å². The van der Waals surface area contributed by atoms with E-state index in [-0.39, 0.29) is 6.04 Å². The van der Waals surface area contributed by atoms with E-state index < -0.39 is 11.7 Å². The summed E-state index contributed by atoms with van der Waals surface area (Å²) in [5.74, 6) is 0.392. The summed E-state index contributed by atoms with van der Waals surface area (Å²) in [5, 5.41) is 3.30. The van der Waals surface area contributed by atoms with Gasteiger partial charge in [0.25, 0.3) is 0 Å². The maximum absolute atomic E-state index is 13.5. The van der Waals surface area contributed by atoms with Crippen molar-refractivity contribution in [1.82, 2.24) is 19.4 Å². The monoisotopic (exact) mass is 488 g/mol. The van der Waals surface area contributed by atoms with Gasteiger partial charge in [0.15, 0.2) is 0 Å². The van der Waals surface area contributed by atoms with Gasteiger partial charge in [0.1, 0.15) is 5.65 Å². The van der Waals surface area contributed by atoms with Crippen LogP contribution in [0.3, 0.4) is 0 Å². The van der Waals surface area contributed by atoms with Crippen LogP contribution < -0.4 is 11.1 Å². The summed E-state index contributed by atoms with van der Waals surface area (Å²) in [7, 11) is 0. The Hall–Kier alpha value is -4.24. The number of nitrogens with zero attached hydrogens (tertiary/aromatic N) is 4. The average Bonchev–Trinajstić information content (AvgIpc) is 3.27. The zero-order valence-electron chi connectivity index (χ0n) is 19.4. The fourth-order valence-electron chi connectivity index (χ4n) is 4.08. The molecule has 0 bridgehead atoms. The quantitative estimate of drug-likeness (QED) is 0.301. The first-order valence-corrected chi connectivity index (χ1v) is 11.4. The minimum Gasteiger partial charge on any atom is -0.348 e. The Morgan fingerprint density at radius 3 is 2.53 bits per heavy atom. The second kappa shape index (κ2) is 9.43. The minimum atomic E-state index is -4.47. The second-order valence-electron chi connectivity index (χ2n) is 8.40. The van der Waals surface area contributed by atoms with Crippen LogP contribution >= 0.6 is 0 Å². The molecule has 3 N–H and O–H groups in total. The maximum atomic E-state index is 13.5. The van der Waals surface area contributed by atoms with E-state index in [9.17, 15) is 13.2 Å². The molecule has 0 saturated carbocycles. The van der Waals surface area contributed by atoms with Gasteiger partial charge in [0.05, 0.1) is 28.7 Å². The number of hydrogen-bond acceptors (Lipinski definition) is 5. The lowest BCUT2D eigenvalue weighted by Crippen LogP contribution is -2.09. The second-order valence-corrected chi connectivity index (χ2v) is 8.40. The highest BCUT2D eigenvalue weighted by molar-refractivity contribution is 5.81. The predicted molar refractivity (Wildman–Crippen MR) is 133 cm³/mol. The number of fused-ring (bicyclic) bond motifs is 1. The lowest BCUT2D eigenvalue weighted by molar-refractivity contribution is -0.137. The van der Waals surface area contributed by atoms with Crippen molar-refractivity contribution in [2.24, 2.45) is 5.73 Å². The number of hydrogen-bond donors (Lipinski definition) is 2. The zero-order chi connectivity index (χ0) is 25.3. The molecular weight excluding hydrogens is 465 g/mol. The Bertz CT molecular complexity index is 1510. The summed E-state index contributed by atoms with van der Waals surface area (Å²) < 4.78 is 42.2. The van der Waals surface area contributed by atoms with Crippen LogP contribution in [-0.2, 0) is 12.7 Å². The van der Waals surface area contributed by atoms with Crippen molar-refractivity contribution >= 4 is 11.6 Å². The molecule has 2 aromatic carbocycles. The number of imidazole rings is 1. The van der Waals surface area contributed by atoms with Gasteiger partial charge in [0, 0.05) is 24.5 Å². The van der Waals surface area contributed by atoms with E-state index in [1.165, 1.54) is 6.07 Å². The van der Waals surface area contributed by atoms with Crippen molar-refractivity contribution in [3.63, 3.8) is 0 Å². The van der Waals surface area contributed by atoms with Gasteiger partial charge in [-0.05, 0) is 42.3 Å². The molecule has 0 spiro atoms. The maximum Gasteiger partial charge on any atom is 0.416 e. The van der Waals surface area contributed by atoms with Gasteiger partial charge < -0.3 is 11.1 Å². The molecule has 0 aliphatic rings. The molecule has 0 aliphatic heterocycles. The molecular formula is C27H23F3N6. The molecule has 6 nitrogen and oxygen atoms in total. The Morgan fingerprint density at radius 1 is 0.972 bits per heavy atom. The van der Waals surface area contributed by atoms with Crippen molar-refractivity contribution in [3.8, 4) is 22.6 Å². The van der Waals surface area contributed by atoms with Crippen molar-refractivity contribution < 1.29 is 13.2 Å². The number of nitrogens with two attached hydrogens (primary N) is 1. The van der Waals surface area contributed by atoms with Crippen molar-refractivity contribution in [2.75, 3.05) is 5.32 Å². The van der Waals surface area contributed by atoms with Crippen molar-refractivity contribution in [3.05, 3.63) is 102 Å². The van der Waals surface area contributed by atoms with E-state index in [1.807, 2.05) is 53.9 Å². The van der Waals surface area contributed by atoms with Crippen LogP contribution in [0.15, 0.2) is 85.2 Å². The van der Waals surface area contributed by atoms with Crippen LogP contribution in [0.5, 0.6) is 0 Å². The van der Waals surface area contributed by atoms with Crippen LogP contribution in [0.2, 0.25) is 0 Å². The summed E-state index contributed by atoms with van der Waals surface area (Å²) in [4.78, 5) is 13.7. The van der Waals surface area contributed by atoms with Gasteiger partial charge in [-0.15, -0.1) is 0 Å². The minimum absolute atomic E-state index is 0.0598. The number of nitrogens with one attached hydrogen (secondary N) is 1. The van der Waals surface area contributed by atoms with E-state index in [1.54, 1.807) is 24.4 Å². The third kappa shape index (κ3) is 4.65. The summed E-state index contributed by atoms with van der Waals surface area (Å²) >= 11 is 0. The van der Waals surface area contributed by atoms with Gasteiger partial charge in [-0.3, -0.25) is 4.40 Å². The Morgan fingerprint density at radius 2 is 1.78 bits per heavy atom. The van der Waals surface area contributed by atoms with Crippen LogP contribution in [-0.4, -0.2) is 19.4 Å². The third-order valence-corrected chi connectivity index (χ3v) is 5.92. The summed E-state index contributed by atoms with van der Waals surface area (Å²) in [6, 6.07) is 20.3. The Kier molecular flexibility index (Phi) is 6.15. The molecule has 5 aromatic rings. The first-order chi connectivity index (χ1) is 17.3. The molecule has 3 heterocycles. The van der Waals surface area contributed by atoms with Crippen LogP contribution in [0, 0.1) is 0 Å². The smallest absolute Gasteiger partial charge is 0.348 e. The molecule has 1 atom stereocenters. The standard InChI is InChI=1S/C27H23F3N6/c1-17(19-6-3-2-4-7-19)33-26-32-13-12-22(34-26)25-24(20-8-5-9-21(14-20)27(28,29)30)35-23-11-10-18(15-31)16-36(23)25/h2-14,16-17H,15,31H2,1H3,(H,32,33,34)/t17-/m1/s1. The summed E-state index contributed by atoms with van der Waals surface area (Å²) in [5.41, 5.74) is 9.39. The Labute approximate surface area is 205 Å². The molecule has 182 valence electrons. The molecule has 0 amide bonds. The van der Waals surface area contributed by atoms with E-state index in [0.29, 0.717) is 40.8 Å². The molecule has 5 rings (SSSR count). The normalized spacial score (nSPS) is 12.6. The van der Waals surface area contributed by atoms with E-state index in [4.69, 9.17) is 10.7 Å². The molecule has 0 unspecified atom stereocenters. The predicted octanol–water partition coefficient (Wildman–Crippen LogP) is 6.11. The SMILES string of the molecule is C[C@@H](Nc1nccc(-c2c(-c3cccc(C(F)(F)F)c3)nc3ccc(CN)cn23)n1)c1ccccc1. The van der Waals surface area contributed by atoms with Gasteiger partial charge in [-0.25, -0.2) is 15.0 Å².